The summed E-state index contributed by atoms with van der Waals surface area (Å²) in [6, 6.07) is 2.16. The second-order valence-corrected chi connectivity index (χ2v) is 3.42. The molecular formula is C9H6BrClF2. The van der Waals surface area contributed by atoms with Gasteiger partial charge in [-0.25, -0.2) is 8.78 Å². The van der Waals surface area contributed by atoms with E-state index in [9.17, 15) is 8.78 Å². The normalized spacial score (nSPS) is 11.1. The molecule has 1 aromatic carbocycles. The molecule has 0 spiro atoms. The number of hydrogen-bond donors (Lipinski definition) is 0. The molecule has 0 aromatic heterocycles. The smallest absolute Gasteiger partial charge is 0.134 e. The van der Waals surface area contributed by atoms with E-state index in [4.69, 9.17) is 11.6 Å². The molecule has 0 amide bonds. The lowest BCUT2D eigenvalue weighted by atomic mass is 10.2. The molecule has 0 aliphatic heterocycles. The van der Waals surface area contributed by atoms with E-state index in [1.165, 1.54) is 6.08 Å². The Labute approximate surface area is 88.3 Å². The minimum atomic E-state index is -0.651. The van der Waals surface area contributed by atoms with Gasteiger partial charge in [-0.15, -0.1) is 0 Å². The van der Waals surface area contributed by atoms with E-state index in [0.717, 1.165) is 12.1 Å². The van der Waals surface area contributed by atoms with Crippen molar-refractivity contribution in [1.82, 2.24) is 0 Å². The van der Waals surface area contributed by atoms with Crippen molar-refractivity contribution in [2.24, 2.45) is 0 Å². The highest BCUT2D eigenvalue weighted by atomic mass is 79.9. The van der Waals surface area contributed by atoms with Crippen LogP contribution in [0.4, 0.5) is 8.78 Å². The van der Waals surface area contributed by atoms with Crippen LogP contribution < -0.4 is 0 Å². The highest BCUT2D eigenvalue weighted by Gasteiger charge is 2.06. The molecule has 0 aliphatic rings. The Kier molecular flexibility index (Phi) is 3.88. The van der Waals surface area contributed by atoms with E-state index in [-0.39, 0.29) is 10.6 Å². The quantitative estimate of drug-likeness (QED) is 0.710. The summed E-state index contributed by atoms with van der Waals surface area (Å²) < 4.78 is 26.1. The van der Waals surface area contributed by atoms with Crippen molar-refractivity contribution in [3.05, 3.63) is 40.4 Å². The van der Waals surface area contributed by atoms with Gasteiger partial charge in [-0.2, -0.15) is 0 Å². The molecule has 1 aromatic rings. The molecule has 0 atom stereocenters. The van der Waals surface area contributed by atoms with Gasteiger partial charge in [-0.1, -0.05) is 39.7 Å². The molecule has 0 radical (unpaired) electrons. The first-order valence-corrected chi connectivity index (χ1v) is 5.02. The summed E-state index contributed by atoms with van der Waals surface area (Å²) in [6.07, 6.45) is 2.98. The zero-order valence-corrected chi connectivity index (χ0v) is 8.87. The molecule has 0 aliphatic carbocycles. The van der Waals surface area contributed by atoms with Crippen LogP contribution in [0.2, 0.25) is 5.02 Å². The summed E-state index contributed by atoms with van der Waals surface area (Å²) in [7, 11) is 0. The van der Waals surface area contributed by atoms with Crippen molar-refractivity contribution >= 4 is 33.6 Å². The Morgan fingerprint density at radius 3 is 2.31 bits per heavy atom. The highest BCUT2D eigenvalue weighted by Crippen LogP contribution is 2.19. The second kappa shape index (κ2) is 4.72. The van der Waals surface area contributed by atoms with Crippen LogP contribution in [0.5, 0.6) is 0 Å². The Hall–Kier alpha value is -0.410. The minimum absolute atomic E-state index is 0.0611. The van der Waals surface area contributed by atoms with Gasteiger partial charge >= 0.3 is 0 Å². The molecule has 13 heavy (non-hydrogen) atoms. The molecule has 1 rings (SSSR count). The lowest BCUT2D eigenvalue weighted by Crippen LogP contribution is -1.88. The van der Waals surface area contributed by atoms with E-state index in [2.05, 4.69) is 15.9 Å². The number of allylic oxidation sites excluding steroid dienone is 1. The molecule has 0 heterocycles. The first-order chi connectivity index (χ1) is 6.15. The first kappa shape index (κ1) is 10.7. The van der Waals surface area contributed by atoms with Crippen molar-refractivity contribution in [2.45, 2.75) is 0 Å². The molecule has 0 bridgehead atoms. The van der Waals surface area contributed by atoms with Crippen LogP contribution in [0.1, 0.15) is 5.56 Å². The van der Waals surface area contributed by atoms with E-state index in [1.807, 2.05) is 0 Å². The van der Waals surface area contributed by atoms with Crippen LogP contribution in [0, 0.1) is 11.6 Å². The van der Waals surface area contributed by atoms with E-state index < -0.39 is 11.6 Å². The van der Waals surface area contributed by atoms with Gasteiger partial charge in [0.2, 0.25) is 0 Å². The molecular weight excluding hydrogens is 261 g/mol. The third kappa shape index (κ3) is 2.78. The van der Waals surface area contributed by atoms with Gasteiger partial charge < -0.3 is 0 Å². The fourth-order valence-corrected chi connectivity index (χ4v) is 1.25. The highest BCUT2D eigenvalue weighted by molar-refractivity contribution is 9.09. The summed E-state index contributed by atoms with van der Waals surface area (Å²) in [5.74, 6) is -1.30. The zero-order valence-electron chi connectivity index (χ0n) is 6.53. The third-order valence-corrected chi connectivity index (χ3v) is 2.01. The Morgan fingerprint density at radius 1 is 1.31 bits per heavy atom. The predicted octanol–water partition coefficient (Wildman–Crippen LogP) is 4.03. The Morgan fingerprint density at radius 2 is 1.85 bits per heavy atom. The standard InChI is InChI=1S/C9H6BrClF2/c10-3-1-2-7-8(12)4-6(11)5-9(7)13/h1-2,4-5H,3H2. The van der Waals surface area contributed by atoms with Gasteiger partial charge in [-0.3, -0.25) is 0 Å². The Bertz CT molecular complexity index is 313. The maximum Gasteiger partial charge on any atom is 0.134 e. The van der Waals surface area contributed by atoms with Gasteiger partial charge in [0, 0.05) is 15.9 Å². The number of rotatable bonds is 2. The van der Waals surface area contributed by atoms with E-state index >= 15 is 0 Å². The van der Waals surface area contributed by atoms with E-state index in [0.29, 0.717) is 5.33 Å². The van der Waals surface area contributed by atoms with Gasteiger partial charge in [0.1, 0.15) is 11.6 Å². The van der Waals surface area contributed by atoms with Crippen LogP contribution in [-0.4, -0.2) is 5.33 Å². The van der Waals surface area contributed by atoms with Crippen LogP contribution in [-0.2, 0) is 0 Å². The van der Waals surface area contributed by atoms with Gasteiger partial charge in [0.25, 0.3) is 0 Å². The van der Waals surface area contributed by atoms with Gasteiger partial charge in [0.05, 0.1) is 0 Å². The minimum Gasteiger partial charge on any atom is -0.206 e. The summed E-state index contributed by atoms with van der Waals surface area (Å²) in [5, 5.41) is 0.611. The molecule has 0 unspecified atom stereocenters. The zero-order chi connectivity index (χ0) is 9.84. The first-order valence-electron chi connectivity index (χ1n) is 3.52. The van der Waals surface area contributed by atoms with Crippen molar-refractivity contribution in [1.29, 1.82) is 0 Å². The molecule has 70 valence electrons. The van der Waals surface area contributed by atoms with Crippen molar-refractivity contribution in [3.63, 3.8) is 0 Å². The number of benzene rings is 1. The van der Waals surface area contributed by atoms with Crippen LogP contribution in [0.25, 0.3) is 6.08 Å². The van der Waals surface area contributed by atoms with Crippen LogP contribution >= 0.6 is 27.5 Å². The summed E-state index contributed by atoms with van der Waals surface area (Å²) in [4.78, 5) is 0. The van der Waals surface area contributed by atoms with E-state index in [1.54, 1.807) is 6.08 Å². The lowest BCUT2D eigenvalue weighted by molar-refractivity contribution is 0.579. The molecule has 0 saturated heterocycles. The Balaban J connectivity index is 3.13. The SMILES string of the molecule is Fc1cc(Cl)cc(F)c1C=CCBr. The molecule has 0 saturated carbocycles. The summed E-state index contributed by atoms with van der Waals surface area (Å²) >= 11 is 8.56. The number of hydrogen-bond acceptors (Lipinski definition) is 0. The number of halogens is 4. The molecule has 4 heteroatoms. The fourth-order valence-electron chi connectivity index (χ4n) is 0.875. The van der Waals surface area contributed by atoms with Gasteiger partial charge in [0.15, 0.2) is 0 Å². The van der Waals surface area contributed by atoms with Crippen LogP contribution in [0.3, 0.4) is 0 Å². The van der Waals surface area contributed by atoms with Crippen molar-refractivity contribution in [3.8, 4) is 0 Å². The maximum absolute atomic E-state index is 13.0. The average Bonchev–Trinajstić information content (AvgIpc) is 2.02. The molecule has 0 N–H and O–H groups in total. The third-order valence-electron chi connectivity index (χ3n) is 1.42. The number of alkyl halides is 1. The average molecular weight is 268 g/mol. The maximum atomic E-state index is 13.0. The lowest BCUT2D eigenvalue weighted by Gasteiger charge is -1.99. The fraction of sp³-hybridized carbons (Fsp3) is 0.111. The predicted molar refractivity (Wildman–Crippen MR) is 54.2 cm³/mol. The van der Waals surface area contributed by atoms with Crippen LogP contribution in [0.15, 0.2) is 18.2 Å². The second-order valence-electron chi connectivity index (χ2n) is 2.34. The largest absolute Gasteiger partial charge is 0.206 e. The summed E-state index contributed by atoms with van der Waals surface area (Å²) in [6.45, 7) is 0. The molecule has 0 nitrogen and oxygen atoms in total. The molecule has 0 fully saturated rings. The monoisotopic (exact) mass is 266 g/mol. The summed E-state index contributed by atoms with van der Waals surface area (Å²) in [5.41, 5.74) is -0.0659. The topological polar surface area (TPSA) is 0 Å². The van der Waals surface area contributed by atoms with Gasteiger partial charge in [-0.05, 0) is 12.1 Å². The van der Waals surface area contributed by atoms with Crippen molar-refractivity contribution in [2.75, 3.05) is 5.33 Å². The van der Waals surface area contributed by atoms with Crippen molar-refractivity contribution < 1.29 is 8.78 Å².